The Morgan fingerprint density at radius 3 is 2.74 bits per heavy atom. The van der Waals surface area contributed by atoms with Crippen molar-refractivity contribution in [2.75, 3.05) is 12.4 Å². The highest BCUT2D eigenvalue weighted by Crippen LogP contribution is 2.18. The van der Waals surface area contributed by atoms with Crippen LogP contribution in [0.4, 0.5) is 5.69 Å². The number of furan rings is 1. The maximum atomic E-state index is 12.0. The molecule has 0 spiro atoms. The third-order valence-corrected chi connectivity index (χ3v) is 2.80. The summed E-state index contributed by atoms with van der Waals surface area (Å²) in [7, 11) is 1.58. The number of hydrogen-bond donors (Lipinski definition) is 1. The minimum atomic E-state index is -0.255. The molecule has 0 radical (unpaired) electrons. The van der Waals surface area contributed by atoms with Crippen molar-refractivity contribution in [3.8, 4) is 0 Å². The van der Waals surface area contributed by atoms with E-state index in [1.165, 1.54) is 0 Å². The Balaban J connectivity index is 2.11. The van der Waals surface area contributed by atoms with Gasteiger partial charge in [-0.3, -0.25) is 4.79 Å². The van der Waals surface area contributed by atoms with E-state index in [2.05, 4.69) is 5.32 Å². The van der Waals surface area contributed by atoms with E-state index in [4.69, 9.17) is 9.15 Å². The summed E-state index contributed by atoms with van der Waals surface area (Å²) in [5, 5.41) is 2.84. The summed E-state index contributed by atoms with van der Waals surface area (Å²) in [4.78, 5) is 12.0. The Morgan fingerprint density at radius 1 is 1.26 bits per heavy atom. The van der Waals surface area contributed by atoms with Crippen LogP contribution in [0.25, 0.3) is 0 Å². The first-order valence-corrected chi connectivity index (χ1v) is 6.06. The first kappa shape index (κ1) is 13.4. The maximum Gasteiger partial charge on any atom is 0.291 e. The van der Waals surface area contributed by atoms with Crippen molar-refractivity contribution in [1.29, 1.82) is 0 Å². The molecule has 1 aromatic heterocycles. The van der Waals surface area contributed by atoms with Crippen LogP contribution in [0.3, 0.4) is 0 Å². The van der Waals surface area contributed by atoms with Gasteiger partial charge in [0, 0.05) is 12.8 Å². The molecule has 0 aliphatic rings. The summed E-state index contributed by atoms with van der Waals surface area (Å²) in [5.74, 6) is 0.662. The zero-order valence-corrected chi connectivity index (χ0v) is 11.3. The van der Waals surface area contributed by atoms with E-state index < -0.39 is 0 Å². The van der Waals surface area contributed by atoms with Gasteiger partial charge in [-0.15, -0.1) is 0 Å². The normalized spacial score (nSPS) is 10.5. The molecular formula is C15H17NO3. The summed E-state index contributed by atoms with van der Waals surface area (Å²) in [5.41, 5.74) is 2.98. The third kappa shape index (κ3) is 3.23. The average molecular weight is 259 g/mol. The second-order valence-electron chi connectivity index (χ2n) is 4.47. The molecular weight excluding hydrogens is 242 g/mol. The van der Waals surface area contributed by atoms with Gasteiger partial charge in [0.05, 0.1) is 0 Å². The summed E-state index contributed by atoms with van der Waals surface area (Å²) in [6.45, 7) is 4.33. The Labute approximate surface area is 112 Å². The zero-order chi connectivity index (χ0) is 13.8. The van der Waals surface area contributed by atoms with Gasteiger partial charge in [-0.1, -0.05) is 17.7 Å². The van der Waals surface area contributed by atoms with Crippen LogP contribution in [0.5, 0.6) is 0 Å². The van der Waals surface area contributed by atoms with Crippen molar-refractivity contribution in [2.24, 2.45) is 0 Å². The molecule has 1 amide bonds. The molecule has 0 bridgehead atoms. The minimum absolute atomic E-state index is 0.255. The second-order valence-corrected chi connectivity index (χ2v) is 4.47. The van der Waals surface area contributed by atoms with Gasteiger partial charge in [-0.05, 0) is 37.6 Å². The Bertz CT molecular complexity index is 587. The summed E-state index contributed by atoms with van der Waals surface area (Å²) >= 11 is 0. The fourth-order valence-electron chi connectivity index (χ4n) is 1.86. The topological polar surface area (TPSA) is 51.5 Å². The van der Waals surface area contributed by atoms with Gasteiger partial charge in [0.15, 0.2) is 5.76 Å². The lowest BCUT2D eigenvalue weighted by atomic mass is 10.1. The molecule has 0 aliphatic heterocycles. The number of methoxy groups -OCH3 is 1. The molecule has 2 rings (SSSR count). The van der Waals surface area contributed by atoms with Crippen molar-refractivity contribution < 1.29 is 13.9 Å². The molecule has 4 nitrogen and oxygen atoms in total. The molecule has 1 aromatic carbocycles. The number of ether oxygens (including phenoxy) is 1. The highest BCUT2D eigenvalue weighted by atomic mass is 16.5. The monoisotopic (exact) mass is 259 g/mol. The van der Waals surface area contributed by atoms with Crippen LogP contribution in [0, 0.1) is 13.8 Å². The number of hydrogen-bond acceptors (Lipinski definition) is 3. The molecule has 100 valence electrons. The first-order chi connectivity index (χ1) is 9.10. The summed E-state index contributed by atoms with van der Waals surface area (Å²) in [6, 6.07) is 9.25. The molecule has 0 saturated carbocycles. The predicted molar refractivity (Wildman–Crippen MR) is 73.3 cm³/mol. The number of aryl methyl sites for hydroxylation is 2. The largest absolute Gasteiger partial charge is 0.453 e. The van der Waals surface area contributed by atoms with Crippen LogP contribution >= 0.6 is 0 Å². The summed E-state index contributed by atoms with van der Waals surface area (Å²) < 4.78 is 10.3. The van der Waals surface area contributed by atoms with Gasteiger partial charge in [0.1, 0.15) is 12.4 Å². The highest BCUT2D eigenvalue weighted by molar-refractivity contribution is 6.02. The van der Waals surface area contributed by atoms with E-state index in [1.54, 1.807) is 19.2 Å². The average Bonchev–Trinajstić information content (AvgIpc) is 2.82. The molecule has 2 aromatic rings. The van der Waals surface area contributed by atoms with Gasteiger partial charge in [0.25, 0.3) is 5.91 Å². The van der Waals surface area contributed by atoms with Gasteiger partial charge >= 0.3 is 0 Å². The number of amides is 1. The maximum absolute atomic E-state index is 12.0. The molecule has 4 heteroatoms. The molecule has 0 fully saturated rings. The number of nitrogens with one attached hydrogen (secondary N) is 1. The van der Waals surface area contributed by atoms with Crippen molar-refractivity contribution in [3.05, 3.63) is 53.0 Å². The van der Waals surface area contributed by atoms with E-state index in [9.17, 15) is 4.79 Å². The second kappa shape index (κ2) is 5.71. The van der Waals surface area contributed by atoms with Crippen molar-refractivity contribution in [2.45, 2.75) is 20.5 Å². The van der Waals surface area contributed by atoms with Crippen LogP contribution in [0.1, 0.15) is 27.4 Å². The lowest BCUT2D eigenvalue weighted by molar-refractivity contribution is 0.0987. The fraction of sp³-hybridized carbons (Fsp3) is 0.267. The first-order valence-electron chi connectivity index (χ1n) is 6.06. The number of carbonyl (C=O) groups excluding carboxylic acids is 1. The van der Waals surface area contributed by atoms with E-state index in [0.29, 0.717) is 12.4 Å². The SMILES string of the molecule is COCc1ccc(C(=O)Nc2ccc(C)cc2C)o1. The molecule has 0 saturated heterocycles. The standard InChI is InChI=1S/C15H17NO3/c1-10-4-6-13(11(2)8-10)16-15(17)14-7-5-12(19-14)9-18-3/h4-8H,9H2,1-3H3,(H,16,17). The minimum Gasteiger partial charge on any atom is -0.453 e. The lowest BCUT2D eigenvalue weighted by Gasteiger charge is -2.07. The van der Waals surface area contributed by atoms with E-state index in [0.717, 1.165) is 16.8 Å². The van der Waals surface area contributed by atoms with Crippen LogP contribution in [-0.4, -0.2) is 13.0 Å². The molecule has 0 atom stereocenters. The Kier molecular flexibility index (Phi) is 4.02. The van der Waals surface area contributed by atoms with Crippen LogP contribution in [0.2, 0.25) is 0 Å². The van der Waals surface area contributed by atoms with Crippen molar-refractivity contribution in [1.82, 2.24) is 0 Å². The lowest BCUT2D eigenvalue weighted by Crippen LogP contribution is -2.11. The third-order valence-electron chi connectivity index (χ3n) is 2.80. The van der Waals surface area contributed by atoms with Crippen LogP contribution in [-0.2, 0) is 11.3 Å². The number of rotatable bonds is 4. The molecule has 0 aliphatic carbocycles. The number of benzene rings is 1. The summed E-state index contributed by atoms with van der Waals surface area (Å²) in [6.07, 6.45) is 0. The molecule has 1 N–H and O–H groups in total. The van der Waals surface area contributed by atoms with Gasteiger partial charge in [-0.25, -0.2) is 0 Å². The number of anilines is 1. The predicted octanol–water partition coefficient (Wildman–Crippen LogP) is 3.30. The Morgan fingerprint density at radius 2 is 2.05 bits per heavy atom. The smallest absolute Gasteiger partial charge is 0.291 e. The van der Waals surface area contributed by atoms with E-state index in [-0.39, 0.29) is 11.7 Å². The number of carbonyl (C=O) groups is 1. The van der Waals surface area contributed by atoms with Gasteiger partial charge in [-0.2, -0.15) is 0 Å². The van der Waals surface area contributed by atoms with Crippen LogP contribution < -0.4 is 5.32 Å². The van der Waals surface area contributed by atoms with E-state index >= 15 is 0 Å². The van der Waals surface area contributed by atoms with Crippen LogP contribution in [0.15, 0.2) is 34.7 Å². The van der Waals surface area contributed by atoms with Gasteiger partial charge in [0.2, 0.25) is 0 Å². The fourth-order valence-corrected chi connectivity index (χ4v) is 1.86. The quantitative estimate of drug-likeness (QED) is 0.916. The van der Waals surface area contributed by atoms with Gasteiger partial charge < -0.3 is 14.5 Å². The van der Waals surface area contributed by atoms with E-state index in [1.807, 2.05) is 32.0 Å². The zero-order valence-electron chi connectivity index (χ0n) is 11.3. The Hall–Kier alpha value is -2.07. The molecule has 1 heterocycles. The molecule has 0 unspecified atom stereocenters. The van der Waals surface area contributed by atoms with Crippen molar-refractivity contribution in [3.63, 3.8) is 0 Å². The molecule has 19 heavy (non-hydrogen) atoms. The van der Waals surface area contributed by atoms with Crippen molar-refractivity contribution >= 4 is 11.6 Å². The highest BCUT2D eigenvalue weighted by Gasteiger charge is 2.12.